The number of sulfone groups is 1. The number of carbonyl (C=O) groups is 3. The Labute approximate surface area is 208 Å². The highest BCUT2D eigenvalue weighted by Gasteiger charge is 2.66. The third kappa shape index (κ3) is 4.33. The molecule has 0 spiro atoms. The number of primary amides is 1. The Balaban J connectivity index is 0.00000361. The summed E-state index contributed by atoms with van der Waals surface area (Å²) in [5.41, 5.74) is 1.87. The summed E-state index contributed by atoms with van der Waals surface area (Å²) in [5, 5.41) is 17.4. The van der Waals surface area contributed by atoms with Gasteiger partial charge in [-0.1, -0.05) is 0 Å². The number of ether oxygens (including phenoxy) is 1. The molecule has 2 aliphatic heterocycles. The molecule has 2 unspecified atom stereocenters. The lowest BCUT2D eigenvalue weighted by Gasteiger charge is -2.22. The van der Waals surface area contributed by atoms with E-state index >= 15 is 0 Å². The Morgan fingerprint density at radius 3 is 2.44 bits per heavy atom. The summed E-state index contributed by atoms with van der Waals surface area (Å²) >= 11 is 0. The maximum absolute atomic E-state index is 13.9. The number of likely N-dealkylation sites (tertiary alicyclic amines) is 1. The number of hydrogen-bond donors (Lipinski definition) is 2. The molecule has 0 aromatic heterocycles. The molecule has 1 aromatic carbocycles. The molecule has 3 aliphatic rings. The number of hydrogen-bond acceptors (Lipinski definition) is 8. The molecule has 1 aliphatic carbocycles. The molecule has 1 aromatic rings. The lowest BCUT2D eigenvalue weighted by Crippen LogP contribution is -2.42. The SMILES string of the molecule is Cl.N#CC1(C(N)=O)CC1N1C[C@H](S(=O)(=O)c2ccc(N3CCOC3=O)cc2C(F)(F)F)C[C@H]1C(=O)O. The van der Waals surface area contributed by atoms with E-state index in [1.165, 1.54) is 0 Å². The fraction of sp³-hybridized carbons (Fsp3) is 0.500. The lowest BCUT2D eigenvalue weighted by atomic mass is 10.1. The maximum atomic E-state index is 13.9. The van der Waals surface area contributed by atoms with Crippen LogP contribution in [-0.4, -0.2) is 73.4 Å². The first-order chi connectivity index (χ1) is 16.2. The van der Waals surface area contributed by atoms with Gasteiger partial charge in [0.25, 0.3) is 0 Å². The first-order valence-corrected chi connectivity index (χ1v) is 11.9. The summed E-state index contributed by atoms with van der Waals surface area (Å²) in [5.74, 6) is -2.43. The number of rotatable bonds is 6. The number of nitrogens with zero attached hydrogens (tertiary/aromatic N) is 3. The van der Waals surface area contributed by atoms with Gasteiger partial charge < -0.3 is 15.6 Å². The Hall–Kier alpha value is -3.09. The summed E-state index contributed by atoms with van der Waals surface area (Å²) in [6.45, 7) is -0.550. The van der Waals surface area contributed by atoms with Crippen molar-refractivity contribution in [3.05, 3.63) is 23.8 Å². The van der Waals surface area contributed by atoms with Gasteiger partial charge in [0.1, 0.15) is 12.6 Å². The van der Waals surface area contributed by atoms with Crippen molar-refractivity contribution in [2.24, 2.45) is 11.1 Å². The maximum Gasteiger partial charge on any atom is 0.417 e. The number of halogens is 4. The number of alkyl halides is 3. The molecule has 0 bridgehead atoms. The van der Waals surface area contributed by atoms with Gasteiger partial charge in [-0.3, -0.25) is 19.4 Å². The minimum atomic E-state index is -5.11. The van der Waals surface area contributed by atoms with Crippen molar-refractivity contribution in [3.63, 3.8) is 0 Å². The lowest BCUT2D eigenvalue weighted by molar-refractivity contribution is -0.143. The van der Waals surface area contributed by atoms with Crippen LogP contribution >= 0.6 is 12.4 Å². The van der Waals surface area contributed by atoms with E-state index in [-0.39, 0.29) is 37.7 Å². The van der Waals surface area contributed by atoms with Crippen molar-refractivity contribution in [2.75, 3.05) is 24.6 Å². The number of carboxylic acids is 1. The van der Waals surface area contributed by atoms with E-state index in [2.05, 4.69) is 0 Å². The van der Waals surface area contributed by atoms with Crippen LogP contribution in [0.4, 0.5) is 23.7 Å². The van der Waals surface area contributed by atoms with E-state index in [1.54, 1.807) is 6.07 Å². The second kappa shape index (κ2) is 9.09. The zero-order valence-corrected chi connectivity index (χ0v) is 19.9. The second-order valence-electron chi connectivity index (χ2n) is 8.57. The number of nitriles is 1. The van der Waals surface area contributed by atoms with Crippen molar-refractivity contribution in [1.29, 1.82) is 5.26 Å². The summed E-state index contributed by atoms with van der Waals surface area (Å²) in [7, 11) is -4.73. The number of anilines is 1. The molecule has 2 heterocycles. The largest absolute Gasteiger partial charge is 0.480 e. The van der Waals surface area contributed by atoms with E-state index in [0.717, 1.165) is 21.9 Å². The van der Waals surface area contributed by atoms with Crippen LogP contribution in [0.1, 0.15) is 18.4 Å². The molecule has 11 nitrogen and oxygen atoms in total. The minimum Gasteiger partial charge on any atom is -0.480 e. The van der Waals surface area contributed by atoms with Crippen LogP contribution < -0.4 is 10.6 Å². The highest BCUT2D eigenvalue weighted by Crippen LogP contribution is 2.52. The first kappa shape index (κ1) is 27.5. The van der Waals surface area contributed by atoms with Gasteiger partial charge in [-0.2, -0.15) is 18.4 Å². The van der Waals surface area contributed by atoms with Crippen LogP contribution in [0.5, 0.6) is 0 Å². The predicted octanol–water partition coefficient (Wildman–Crippen LogP) is 1.15. The number of benzene rings is 1. The summed E-state index contributed by atoms with van der Waals surface area (Å²) in [6, 6.07) is 1.65. The molecule has 0 radical (unpaired) electrons. The smallest absolute Gasteiger partial charge is 0.417 e. The number of cyclic esters (lactones) is 1. The first-order valence-electron chi connectivity index (χ1n) is 10.3. The summed E-state index contributed by atoms with van der Waals surface area (Å²) < 4.78 is 73.1. The molecular formula is C20H20ClF3N4O7S. The molecule has 196 valence electrons. The molecule has 16 heteroatoms. The highest BCUT2D eigenvalue weighted by atomic mass is 35.5. The molecule has 4 rings (SSSR count). The quantitative estimate of drug-likeness (QED) is 0.525. The van der Waals surface area contributed by atoms with Gasteiger partial charge in [-0.25, -0.2) is 13.2 Å². The average Bonchev–Trinajstić information content (AvgIpc) is 3.11. The number of carboxylic acid groups (broad SMARTS) is 1. The van der Waals surface area contributed by atoms with Gasteiger partial charge in [-0.05, 0) is 31.0 Å². The van der Waals surface area contributed by atoms with Crippen molar-refractivity contribution in [1.82, 2.24) is 4.90 Å². The van der Waals surface area contributed by atoms with Crippen LogP contribution in [0, 0.1) is 16.7 Å². The van der Waals surface area contributed by atoms with E-state index in [0.29, 0.717) is 6.07 Å². The Kier molecular flexibility index (Phi) is 6.94. The zero-order chi connectivity index (χ0) is 25.9. The normalized spacial score (nSPS) is 28.2. The van der Waals surface area contributed by atoms with Gasteiger partial charge in [-0.15, -0.1) is 12.4 Å². The van der Waals surface area contributed by atoms with E-state index in [4.69, 9.17) is 10.5 Å². The van der Waals surface area contributed by atoms with Crippen LogP contribution in [-0.2, 0) is 30.3 Å². The van der Waals surface area contributed by atoms with Crippen molar-refractivity contribution < 1.29 is 45.8 Å². The minimum absolute atomic E-state index is 0. The average molecular weight is 553 g/mol. The van der Waals surface area contributed by atoms with E-state index in [1.807, 2.05) is 0 Å². The van der Waals surface area contributed by atoms with Crippen molar-refractivity contribution in [2.45, 2.75) is 41.2 Å². The molecule has 2 saturated heterocycles. The fourth-order valence-corrected chi connectivity index (χ4v) is 6.58. The van der Waals surface area contributed by atoms with Crippen LogP contribution in [0.25, 0.3) is 0 Å². The van der Waals surface area contributed by atoms with E-state index < -0.39 is 80.2 Å². The van der Waals surface area contributed by atoms with Crippen molar-refractivity contribution >= 4 is 45.9 Å². The second-order valence-corrected chi connectivity index (χ2v) is 10.8. The molecular weight excluding hydrogens is 533 g/mol. The van der Waals surface area contributed by atoms with Gasteiger partial charge in [0, 0.05) is 18.3 Å². The molecule has 3 fully saturated rings. The number of nitrogens with two attached hydrogens (primary N) is 1. The highest BCUT2D eigenvalue weighted by molar-refractivity contribution is 7.92. The Morgan fingerprint density at radius 1 is 1.31 bits per heavy atom. The van der Waals surface area contributed by atoms with E-state index in [9.17, 15) is 46.3 Å². The molecule has 4 atom stereocenters. The van der Waals surface area contributed by atoms with Gasteiger partial charge in [0.05, 0.1) is 28.3 Å². The predicted molar refractivity (Wildman–Crippen MR) is 117 cm³/mol. The van der Waals surface area contributed by atoms with Gasteiger partial charge in [0.15, 0.2) is 15.3 Å². The molecule has 36 heavy (non-hydrogen) atoms. The third-order valence-electron chi connectivity index (χ3n) is 6.64. The van der Waals surface area contributed by atoms with Gasteiger partial charge in [0.2, 0.25) is 5.91 Å². The van der Waals surface area contributed by atoms with Crippen LogP contribution in [0.3, 0.4) is 0 Å². The zero-order valence-electron chi connectivity index (χ0n) is 18.3. The molecule has 3 N–H and O–H groups in total. The molecule has 1 saturated carbocycles. The van der Waals surface area contributed by atoms with Crippen LogP contribution in [0.15, 0.2) is 23.1 Å². The fourth-order valence-electron chi connectivity index (χ4n) is 4.68. The van der Waals surface area contributed by atoms with Crippen molar-refractivity contribution in [3.8, 4) is 6.07 Å². The number of aliphatic carboxylic acids is 1. The topological polar surface area (TPSA) is 171 Å². The summed E-state index contributed by atoms with van der Waals surface area (Å²) in [6.07, 6.45) is -6.63. The number of carbonyl (C=O) groups excluding carboxylic acids is 2. The summed E-state index contributed by atoms with van der Waals surface area (Å²) in [4.78, 5) is 36.3. The Morgan fingerprint density at radius 2 is 1.97 bits per heavy atom. The van der Waals surface area contributed by atoms with Gasteiger partial charge >= 0.3 is 18.2 Å². The Bertz CT molecular complexity index is 1270. The monoisotopic (exact) mass is 552 g/mol. The van der Waals surface area contributed by atoms with Crippen LogP contribution in [0.2, 0.25) is 0 Å². The third-order valence-corrected chi connectivity index (χ3v) is 8.82. The molecule has 2 amide bonds. The number of amides is 2. The standard InChI is InChI=1S/C20H19F3N4O7S.ClH/c21-20(22,23)12-5-10(26-3-4-34-18(26)31)1-2-14(12)35(32,33)11-6-13(16(28)29)27(8-11)15-7-19(15,9-24)17(25)30;/h1-2,5,11,13,15H,3-4,6-8H2,(H2,25,30)(H,28,29);1H/t11-,13+,15?,19?;/m1./s1.